The zero-order valence-electron chi connectivity index (χ0n) is 17.5. The van der Waals surface area contributed by atoms with Gasteiger partial charge in [0.25, 0.3) is 5.91 Å². The highest BCUT2D eigenvalue weighted by Crippen LogP contribution is 2.16. The van der Waals surface area contributed by atoms with Gasteiger partial charge in [-0.3, -0.25) is 9.89 Å². The van der Waals surface area contributed by atoms with Crippen LogP contribution in [0, 0.1) is 0 Å². The highest BCUT2D eigenvalue weighted by molar-refractivity contribution is 5.93. The number of benzene rings is 2. The first kappa shape index (κ1) is 21.0. The summed E-state index contributed by atoms with van der Waals surface area (Å²) >= 11 is 0. The van der Waals surface area contributed by atoms with Gasteiger partial charge < -0.3 is 15.5 Å². The third kappa shape index (κ3) is 5.66. The van der Waals surface area contributed by atoms with Gasteiger partial charge in [-0.25, -0.2) is 9.98 Å². The fourth-order valence-corrected chi connectivity index (χ4v) is 2.88. The summed E-state index contributed by atoms with van der Waals surface area (Å²) < 4.78 is 0. The Balaban J connectivity index is 1.62. The van der Waals surface area contributed by atoms with E-state index < -0.39 is 0 Å². The van der Waals surface area contributed by atoms with Crippen LogP contribution in [-0.4, -0.2) is 52.6 Å². The third-order valence-corrected chi connectivity index (χ3v) is 4.45. The van der Waals surface area contributed by atoms with E-state index in [4.69, 9.17) is 0 Å². The van der Waals surface area contributed by atoms with E-state index in [1.54, 1.807) is 19.0 Å². The predicted molar refractivity (Wildman–Crippen MR) is 118 cm³/mol. The number of aromatic nitrogens is 3. The minimum Gasteiger partial charge on any atom is -0.357 e. The van der Waals surface area contributed by atoms with E-state index in [-0.39, 0.29) is 5.91 Å². The molecule has 3 rings (SSSR count). The summed E-state index contributed by atoms with van der Waals surface area (Å²) in [6.45, 7) is 3.94. The number of hydrogen-bond donors (Lipinski definition) is 3. The van der Waals surface area contributed by atoms with E-state index in [9.17, 15) is 4.79 Å². The molecule has 2 aromatic carbocycles. The van der Waals surface area contributed by atoms with Gasteiger partial charge in [0.05, 0.1) is 6.54 Å². The van der Waals surface area contributed by atoms with Gasteiger partial charge >= 0.3 is 0 Å². The Kier molecular flexibility index (Phi) is 7.15. The lowest BCUT2D eigenvalue weighted by molar-refractivity contribution is 0.0827. The number of aromatic amines is 1. The molecule has 0 aliphatic rings. The van der Waals surface area contributed by atoms with Crippen molar-refractivity contribution in [2.24, 2.45) is 4.99 Å². The topological polar surface area (TPSA) is 98.3 Å². The zero-order chi connectivity index (χ0) is 21.3. The van der Waals surface area contributed by atoms with E-state index in [0.717, 1.165) is 35.0 Å². The Morgan fingerprint density at radius 3 is 2.57 bits per heavy atom. The molecule has 0 aliphatic heterocycles. The Labute approximate surface area is 176 Å². The summed E-state index contributed by atoms with van der Waals surface area (Å²) in [6, 6.07) is 15.7. The largest absolute Gasteiger partial charge is 0.357 e. The van der Waals surface area contributed by atoms with Gasteiger partial charge in [0.15, 0.2) is 11.8 Å². The van der Waals surface area contributed by atoms with E-state index in [1.807, 2.05) is 55.5 Å². The van der Waals surface area contributed by atoms with E-state index in [0.29, 0.717) is 18.7 Å². The van der Waals surface area contributed by atoms with Crippen molar-refractivity contribution in [1.82, 2.24) is 30.7 Å². The molecule has 0 radical (unpaired) electrons. The van der Waals surface area contributed by atoms with Crippen molar-refractivity contribution >= 4 is 11.9 Å². The minimum atomic E-state index is -0.00281. The fraction of sp³-hybridized carbons (Fsp3) is 0.273. The molecule has 8 nitrogen and oxygen atoms in total. The van der Waals surface area contributed by atoms with Crippen LogP contribution < -0.4 is 10.6 Å². The molecule has 0 saturated heterocycles. The van der Waals surface area contributed by atoms with Crippen LogP contribution in [0.2, 0.25) is 0 Å². The van der Waals surface area contributed by atoms with Crippen molar-refractivity contribution in [3.05, 3.63) is 71.5 Å². The lowest BCUT2D eigenvalue weighted by Crippen LogP contribution is -2.36. The van der Waals surface area contributed by atoms with Crippen LogP contribution in [-0.2, 0) is 13.1 Å². The second-order valence-corrected chi connectivity index (χ2v) is 6.98. The lowest BCUT2D eigenvalue weighted by atomic mass is 10.1. The lowest BCUT2D eigenvalue weighted by Gasteiger charge is -2.13. The van der Waals surface area contributed by atoms with Crippen LogP contribution in [0.3, 0.4) is 0 Å². The monoisotopic (exact) mass is 405 g/mol. The van der Waals surface area contributed by atoms with Crippen LogP contribution in [0.15, 0.2) is 59.9 Å². The van der Waals surface area contributed by atoms with Crippen LogP contribution in [0.1, 0.15) is 28.4 Å². The standard InChI is InChI=1S/C22H27N7O/c1-4-23-22(24-13-16-8-10-18(11-9-16)21(30)29(2)3)25-14-17-6-5-7-19(12-17)20-26-15-27-28-20/h5-12,15H,4,13-14H2,1-3H3,(H2,23,24,25)(H,26,27,28). The Hall–Kier alpha value is -3.68. The maximum absolute atomic E-state index is 12.0. The first-order chi connectivity index (χ1) is 14.6. The Morgan fingerprint density at radius 1 is 1.10 bits per heavy atom. The number of hydrogen-bond acceptors (Lipinski definition) is 4. The van der Waals surface area contributed by atoms with Crippen molar-refractivity contribution in [3.63, 3.8) is 0 Å². The number of carbonyl (C=O) groups excluding carboxylic acids is 1. The molecule has 30 heavy (non-hydrogen) atoms. The SMILES string of the molecule is CCNC(=NCc1cccc(-c2ncn[nH]2)c1)NCc1ccc(C(=O)N(C)C)cc1. The van der Waals surface area contributed by atoms with Crippen LogP contribution >= 0.6 is 0 Å². The number of guanidine groups is 1. The quantitative estimate of drug-likeness (QED) is 0.414. The molecule has 0 spiro atoms. The molecule has 0 atom stereocenters. The van der Waals surface area contributed by atoms with Crippen molar-refractivity contribution in [1.29, 1.82) is 0 Å². The highest BCUT2D eigenvalue weighted by atomic mass is 16.2. The summed E-state index contributed by atoms with van der Waals surface area (Å²) in [5, 5.41) is 13.4. The van der Waals surface area contributed by atoms with Crippen molar-refractivity contribution in [3.8, 4) is 11.4 Å². The van der Waals surface area contributed by atoms with Gasteiger partial charge in [0.2, 0.25) is 0 Å². The summed E-state index contributed by atoms with van der Waals surface area (Å²) in [4.78, 5) is 22.4. The van der Waals surface area contributed by atoms with Gasteiger partial charge in [0.1, 0.15) is 6.33 Å². The molecular weight excluding hydrogens is 378 g/mol. The van der Waals surface area contributed by atoms with Gasteiger partial charge in [0, 0.05) is 38.3 Å². The molecule has 8 heteroatoms. The first-order valence-electron chi connectivity index (χ1n) is 9.84. The summed E-state index contributed by atoms with van der Waals surface area (Å²) in [6.07, 6.45) is 1.50. The first-order valence-corrected chi connectivity index (χ1v) is 9.84. The number of nitrogens with zero attached hydrogens (tertiary/aromatic N) is 4. The third-order valence-electron chi connectivity index (χ3n) is 4.45. The molecule has 1 aromatic heterocycles. The molecule has 3 N–H and O–H groups in total. The summed E-state index contributed by atoms with van der Waals surface area (Å²) in [5.74, 6) is 1.47. The van der Waals surface area contributed by atoms with Gasteiger partial charge in [-0.1, -0.05) is 30.3 Å². The van der Waals surface area contributed by atoms with Crippen LogP contribution in [0.4, 0.5) is 0 Å². The molecule has 0 unspecified atom stereocenters. The van der Waals surface area contributed by atoms with Crippen LogP contribution in [0.5, 0.6) is 0 Å². The number of aliphatic imine (C=N–C) groups is 1. The van der Waals surface area contributed by atoms with E-state index in [2.05, 4.69) is 30.8 Å². The number of rotatable bonds is 7. The molecule has 0 fully saturated rings. The van der Waals surface area contributed by atoms with E-state index in [1.165, 1.54) is 6.33 Å². The molecule has 156 valence electrons. The minimum absolute atomic E-state index is 0.00281. The molecular formula is C22H27N7O. The van der Waals surface area contributed by atoms with Gasteiger partial charge in [-0.15, -0.1) is 0 Å². The molecule has 0 aliphatic carbocycles. The normalized spacial score (nSPS) is 11.2. The van der Waals surface area contributed by atoms with Crippen molar-refractivity contribution < 1.29 is 4.79 Å². The highest BCUT2D eigenvalue weighted by Gasteiger charge is 2.07. The second kappa shape index (κ2) is 10.2. The maximum Gasteiger partial charge on any atom is 0.253 e. The average Bonchev–Trinajstić information content (AvgIpc) is 3.31. The number of amides is 1. The molecule has 1 amide bonds. The number of carbonyl (C=O) groups is 1. The van der Waals surface area contributed by atoms with Crippen molar-refractivity contribution in [2.45, 2.75) is 20.0 Å². The molecule has 3 aromatic rings. The predicted octanol–water partition coefficient (Wildman–Crippen LogP) is 2.43. The van der Waals surface area contributed by atoms with E-state index >= 15 is 0 Å². The number of H-pyrrole nitrogens is 1. The Morgan fingerprint density at radius 2 is 1.90 bits per heavy atom. The van der Waals surface area contributed by atoms with Crippen LogP contribution in [0.25, 0.3) is 11.4 Å². The molecule has 0 saturated carbocycles. The van der Waals surface area contributed by atoms with Gasteiger partial charge in [-0.05, 0) is 36.2 Å². The average molecular weight is 406 g/mol. The molecule has 1 heterocycles. The fourth-order valence-electron chi connectivity index (χ4n) is 2.88. The zero-order valence-corrected chi connectivity index (χ0v) is 17.5. The molecule has 0 bridgehead atoms. The Bertz CT molecular complexity index is 979. The smallest absolute Gasteiger partial charge is 0.253 e. The maximum atomic E-state index is 12.0. The number of nitrogens with one attached hydrogen (secondary N) is 3. The summed E-state index contributed by atoms with van der Waals surface area (Å²) in [7, 11) is 3.50. The second-order valence-electron chi connectivity index (χ2n) is 6.98. The van der Waals surface area contributed by atoms with Gasteiger partial charge in [-0.2, -0.15) is 5.10 Å². The summed E-state index contributed by atoms with van der Waals surface area (Å²) in [5.41, 5.74) is 3.80. The van der Waals surface area contributed by atoms with Crippen molar-refractivity contribution in [2.75, 3.05) is 20.6 Å².